The number of azo groups is 1. The normalized spacial score (nSPS) is 11.3. The van der Waals surface area contributed by atoms with Crippen molar-refractivity contribution in [1.82, 2.24) is 20.0 Å². The zero-order valence-electron chi connectivity index (χ0n) is 15.6. The van der Waals surface area contributed by atoms with Gasteiger partial charge in [0.25, 0.3) is 5.91 Å². The van der Waals surface area contributed by atoms with E-state index in [4.69, 9.17) is 23.2 Å². The Labute approximate surface area is 180 Å². The number of halogens is 2. The monoisotopic (exact) mass is 440 g/mol. The van der Waals surface area contributed by atoms with E-state index in [1.54, 1.807) is 61.5 Å². The first-order chi connectivity index (χ1) is 14.4. The second kappa shape index (κ2) is 8.10. The van der Waals surface area contributed by atoms with Crippen LogP contribution in [0.2, 0.25) is 10.0 Å². The van der Waals surface area contributed by atoms with Gasteiger partial charge in [0.1, 0.15) is 5.69 Å². The zero-order valence-corrected chi connectivity index (χ0v) is 17.1. The molecule has 0 fully saturated rings. The Bertz CT molecular complexity index is 1300. The van der Waals surface area contributed by atoms with E-state index in [-0.39, 0.29) is 11.4 Å². The molecule has 0 saturated heterocycles. The summed E-state index contributed by atoms with van der Waals surface area (Å²) in [5.41, 5.74) is 1.83. The maximum Gasteiger partial charge on any atom is 0.302 e. The van der Waals surface area contributed by atoms with Gasteiger partial charge in [-0.15, -0.1) is 5.11 Å². The molecule has 0 atom stereocenters. The number of hydrogen-bond donors (Lipinski definition) is 2. The molecule has 4 rings (SSSR count). The van der Waals surface area contributed by atoms with E-state index >= 15 is 0 Å². The molecule has 0 spiro atoms. The molecule has 8 nitrogen and oxygen atoms in total. The summed E-state index contributed by atoms with van der Waals surface area (Å²) in [4.78, 5) is 25.5. The molecule has 2 N–H and O–H groups in total. The molecule has 150 valence electrons. The van der Waals surface area contributed by atoms with Gasteiger partial charge >= 0.3 is 5.56 Å². The van der Waals surface area contributed by atoms with Crippen molar-refractivity contribution in [3.63, 3.8) is 0 Å². The molecule has 10 heteroatoms. The van der Waals surface area contributed by atoms with Crippen LogP contribution in [-0.4, -0.2) is 25.9 Å². The summed E-state index contributed by atoms with van der Waals surface area (Å²) in [7, 11) is 0. The van der Waals surface area contributed by atoms with Gasteiger partial charge in [-0.25, -0.2) is 0 Å². The number of aromatic amines is 2. The molecule has 0 radical (unpaired) electrons. The SMILES string of the molecule is Cc1[nH]n(C(=O)c2cc(-c3ccc(Cl)cc3)n[nH]2)c(=O)c1N=Nc1ccc(Cl)cc1. The van der Waals surface area contributed by atoms with Gasteiger partial charge in [-0.1, -0.05) is 35.3 Å². The van der Waals surface area contributed by atoms with E-state index in [1.165, 1.54) is 0 Å². The predicted octanol–water partition coefficient (Wildman–Crippen LogP) is 5.29. The molecule has 0 aliphatic rings. The number of nitrogens with zero attached hydrogens (tertiary/aromatic N) is 4. The summed E-state index contributed by atoms with van der Waals surface area (Å²) in [6.45, 7) is 1.63. The molecule has 0 aliphatic carbocycles. The largest absolute Gasteiger partial charge is 0.302 e. The van der Waals surface area contributed by atoms with Gasteiger partial charge in [0.05, 0.1) is 17.1 Å². The minimum Gasteiger partial charge on any atom is -0.290 e. The Balaban J connectivity index is 1.61. The van der Waals surface area contributed by atoms with Crippen molar-refractivity contribution in [1.29, 1.82) is 0 Å². The van der Waals surface area contributed by atoms with Crippen LogP contribution in [0.3, 0.4) is 0 Å². The predicted molar refractivity (Wildman–Crippen MR) is 114 cm³/mol. The van der Waals surface area contributed by atoms with Crippen LogP contribution in [0.4, 0.5) is 11.4 Å². The van der Waals surface area contributed by atoms with Crippen LogP contribution in [0.15, 0.2) is 69.6 Å². The summed E-state index contributed by atoms with van der Waals surface area (Å²) >= 11 is 11.7. The maximum absolute atomic E-state index is 12.8. The Morgan fingerprint density at radius 1 is 1.00 bits per heavy atom. The molecule has 2 heterocycles. The smallest absolute Gasteiger partial charge is 0.290 e. The summed E-state index contributed by atoms with van der Waals surface area (Å²) in [6.07, 6.45) is 0. The van der Waals surface area contributed by atoms with Crippen molar-refractivity contribution in [2.75, 3.05) is 0 Å². The minimum absolute atomic E-state index is 0.0377. The molecular weight excluding hydrogens is 427 g/mol. The average molecular weight is 441 g/mol. The van der Waals surface area contributed by atoms with Crippen LogP contribution < -0.4 is 5.56 Å². The van der Waals surface area contributed by atoms with Crippen molar-refractivity contribution in [2.45, 2.75) is 6.92 Å². The first-order valence-corrected chi connectivity index (χ1v) is 9.53. The third-order valence-corrected chi connectivity index (χ3v) is 4.79. The Morgan fingerprint density at radius 3 is 2.30 bits per heavy atom. The number of rotatable bonds is 4. The molecule has 2 aromatic heterocycles. The molecule has 0 amide bonds. The fourth-order valence-corrected chi connectivity index (χ4v) is 2.99. The highest BCUT2D eigenvalue weighted by atomic mass is 35.5. The lowest BCUT2D eigenvalue weighted by atomic mass is 10.1. The van der Waals surface area contributed by atoms with Gasteiger partial charge < -0.3 is 0 Å². The zero-order chi connectivity index (χ0) is 21.3. The van der Waals surface area contributed by atoms with Crippen molar-refractivity contribution in [2.24, 2.45) is 10.2 Å². The fourth-order valence-electron chi connectivity index (χ4n) is 2.73. The van der Waals surface area contributed by atoms with Crippen LogP contribution in [0, 0.1) is 6.92 Å². The van der Waals surface area contributed by atoms with Gasteiger partial charge in [0.15, 0.2) is 5.69 Å². The highest BCUT2D eigenvalue weighted by Gasteiger charge is 2.20. The first-order valence-electron chi connectivity index (χ1n) is 8.77. The molecule has 2 aromatic carbocycles. The molecule has 30 heavy (non-hydrogen) atoms. The van der Waals surface area contributed by atoms with Crippen molar-refractivity contribution >= 4 is 40.5 Å². The molecule has 0 unspecified atom stereocenters. The number of hydrogen-bond acceptors (Lipinski definition) is 5. The van der Waals surface area contributed by atoms with Gasteiger partial charge in [-0.3, -0.25) is 19.8 Å². The summed E-state index contributed by atoms with van der Waals surface area (Å²) < 4.78 is 0.866. The molecule has 0 bridgehead atoms. The second-order valence-corrected chi connectivity index (χ2v) is 7.25. The van der Waals surface area contributed by atoms with E-state index < -0.39 is 11.5 Å². The van der Waals surface area contributed by atoms with E-state index in [0.717, 1.165) is 10.2 Å². The minimum atomic E-state index is -0.613. The van der Waals surface area contributed by atoms with E-state index in [0.29, 0.717) is 27.1 Å². The van der Waals surface area contributed by atoms with Crippen molar-refractivity contribution in [3.05, 3.63) is 86.4 Å². The van der Waals surface area contributed by atoms with Crippen molar-refractivity contribution < 1.29 is 4.79 Å². The first kappa shape index (κ1) is 19.8. The van der Waals surface area contributed by atoms with E-state index in [2.05, 4.69) is 25.5 Å². The topological polar surface area (TPSA) is 108 Å². The number of nitrogens with one attached hydrogen (secondary N) is 2. The number of benzene rings is 2. The molecule has 0 saturated carbocycles. The van der Waals surface area contributed by atoms with Gasteiger partial charge in [-0.2, -0.15) is 14.9 Å². The summed E-state index contributed by atoms with van der Waals surface area (Å²) in [5.74, 6) is -0.594. The van der Waals surface area contributed by atoms with Gasteiger partial charge in [-0.05, 0) is 49.4 Å². The van der Waals surface area contributed by atoms with Crippen molar-refractivity contribution in [3.8, 4) is 11.3 Å². The number of H-pyrrole nitrogens is 2. The second-order valence-electron chi connectivity index (χ2n) is 6.38. The number of carbonyl (C=O) groups excluding carboxylic acids is 1. The standard InChI is InChI=1S/C20H14Cl2N6O2/c1-11-18(26-23-15-8-6-14(22)7-9-15)20(30)28(27-11)19(29)17-10-16(24-25-17)12-2-4-13(21)5-3-12/h2-10,27H,1H3,(H,24,25). The Kier molecular flexibility index (Phi) is 5.35. The van der Waals surface area contributed by atoms with Crippen LogP contribution in [0.1, 0.15) is 16.2 Å². The molecule has 4 aromatic rings. The lowest BCUT2D eigenvalue weighted by Crippen LogP contribution is -2.25. The number of aryl methyl sites for hydroxylation is 1. The highest BCUT2D eigenvalue weighted by Crippen LogP contribution is 2.22. The van der Waals surface area contributed by atoms with Crippen LogP contribution >= 0.6 is 23.2 Å². The van der Waals surface area contributed by atoms with Crippen LogP contribution in [-0.2, 0) is 0 Å². The Morgan fingerprint density at radius 2 is 1.63 bits per heavy atom. The highest BCUT2D eigenvalue weighted by molar-refractivity contribution is 6.30. The molecular formula is C20H14Cl2N6O2. The summed E-state index contributed by atoms with van der Waals surface area (Å²) in [6, 6.07) is 15.2. The lowest BCUT2D eigenvalue weighted by molar-refractivity contribution is 0.0936. The third kappa shape index (κ3) is 3.96. The summed E-state index contributed by atoms with van der Waals surface area (Å²) in [5, 5.41) is 18.7. The van der Waals surface area contributed by atoms with E-state index in [1.807, 2.05) is 0 Å². The molecule has 0 aliphatic heterocycles. The maximum atomic E-state index is 12.8. The van der Waals surface area contributed by atoms with Crippen LogP contribution in [0.5, 0.6) is 0 Å². The van der Waals surface area contributed by atoms with Crippen LogP contribution in [0.25, 0.3) is 11.3 Å². The fraction of sp³-hybridized carbons (Fsp3) is 0.0500. The quantitative estimate of drug-likeness (QED) is 0.420. The number of aromatic nitrogens is 4. The lowest BCUT2D eigenvalue weighted by Gasteiger charge is -1.96. The average Bonchev–Trinajstić information content (AvgIpc) is 3.33. The van der Waals surface area contributed by atoms with Gasteiger partial charge in [0.2, 0.25) is 0 Å². The third-order valence-electron chi connectivity index (χ3n) is 4.28. The Hall–Kier alpha value is -3.49. The van der Waals surface area contributed by atoms with E-state index in [9.17, 15) is 9.59 Å². The number of carbonyl (C=O) groups is 1. The van der Waals surface area contributed by atoms with Gasteiger partial charge in [0, 0.05) is 15.6 Å².